The molecule has 4 heteroatoms. The van der Waals surface area contributed by atoms with Crippen molar-refractivity contribution in [1.82, 2.24) is 0 Å². The zero-order valence-corrected chi connectivity index (χ0v) is 11.1. The van der Waals surface area contributed by atoms with Crippen LogP contribution in [0.2, 0.25) is 0 Å². The summed E-state index contributed by atoms with van der Waals surface area (Å²) in [5.41, 5.74) is 1.25. The zero-order chi connectivity index (χ0) is 12.0. The largest absolute Gasteiger partial charge is 0.481 e. The third kappa shape index (κ3) is 4.94. The van der Waals surface area contributed by atoms with Gasteiger partial charge in [0.05, 0.1) is 6.42 Å². The molecule has 0 aliphatic carbocycles. The minimum atomic E-state index is -0.724. The number of aliphatic carboxylic acids is 1. The van der Waals surface area contributed by atoms with Crippen molar-refractivity contribution in [2.45, 2.75) is 29.2 Å². The molecular weight excluding hydrogens is 240 g/mol. The summed E-state index contributed by atoms with van der Waals surface area (Å²) >= 11 is 3.41. The molecule has 0 fully saturated rings. The van der Waals surface area contributed by atoms with Gasteiger partial charge < -0.3 is 5.11 Å². The number of carboxylic acids is 1. The number of thioether (sulfide) groups is 2. The molecule has 0 heterocycles. The summed E-state index contributed by atoms with van der Waals surface area (Å²) in [6.07, 6.45) is 2.28. The Labute approximate surface area is 105 Å². The van der Waals surface area contributed by atoms with Gasteiger partial charge in [-0.15, -0.1) is 11.8 Å². The van der Waals surface area contributed by atoms with E-state index in [0.717, 1.165) is 5.75 Å². The summed E-state index contributed by atoms with van der Waals surface area (Å²) < 4.78 is 0. The van der Waals surface area contributed by atoms with E-state index in [1.807, 2.05) is 6.92 Å². The fourth-order valence-corrected chi connectivity index (χ4v) is 2.60. The van der Waals surface area contributed by atoms with Gasteiger partial charge in [0, 0.05) is 15.9 Å². The minimum Gasteiger partial charge on any atom is -0.481 e. The minimum absolute atomic E-state index is 0.165. The van der Waals surface area contributed by atoms with Crippen LogP contribution < -0.4 is 0 Å². The van der Waals surface area contributed by atoms with Gasteiger partial charge >= 0.3 is 5.97 Å². The molecule has 0 bridgehead atoms. The maximum atomic E-state index is 10.5. The monoisotopic (exact) mass is 256 g/mol. The Morgan fingerprint density at radius 1 is 1.38 bits per heavy atom. The molecule has 1 rings (SSSR count). The third-order valence-electron chi connectivity index (χ3n) is 2.16. The lowest BCUT2D eigenvalue weighted by atomic mass is 10.2. The fraction of sp³-hybridized carbons (Fsp3) is 0.417. The zero-order valence-electron chi connectivity index (χ0n) is 9.47. The average molecular weight is 256 g/mol. The highest BCUT2D eigenvalue weighted by atomic mass is 32.2. The molecule has 1 N–H and O–H groups in total. The van der Waals surface area contributed by atoms with Crippen molar-refractivity contribution >= 4 is 29.5 Å². The summed E-state index contributed by atoms with van der Waals surface area (Å²) in [5, 5.41) is 8.80. The van der Waals surface area contributed by atoms with Gasteiger partial charge in [-0.05, 0) is 24.0 Å². The number of carbonyl (C=O) groups is 1. The smallest absolute Gasteiger partial charge is 0.304 e. The first-order chi connectivity index (χ1) is 7.61. The first-order valence-corrected chi connectivity index (χ1v) is 7.35. The van der Waals surface area contributed by atoms with Crippen molar-refractivity contribution in [3.8, 4) is 0 Å². The second-order valence-corrected chi connectivity index (χ2v) is 5.87. The van der Waals surface area contributed by atoms with Gasteiger partial charge in [0.1, 0.15) is 0 Å². The number of hydrogen-bond donors (Lipinski definition) is 1. The third-order valence-corrected chi connectivity index (χ3v) is 4.13. The highest BCUT2D eigenvalue weighted by Crippen LogP contribution is 2.22. The van der Waals surface area contributed by atoms with E-state index in [2.05, 4.69) is 30.5 Å². The van der Waals surface area contributed by atoms with E-state index in [-0.39, 0.29) is 11.7 Å². The number of carboxylic acid groups (broad SMARTS) is 1. The van der Waals surface area contributed by atoms with Gasteiger partial charge in [-0.1, -0.05) is 19.1 Å². The quantitative estimate of drug-likeness (QED) is 0.790. The predicted octanol–water partition coefficient (Wildman–Crippen LogP) is 3.50. The van der Waals surface area contributed by atoms with Crippen LogP contribution in [-0.2, 0) is 10.5 Å². The van der Waals surface area contributed by atoms with Crippen LogP contribution in [0.25, 0.3) is 0 Å². The number of benzene rings is 1. The molecule has 1 aromatic rings. The van der Waals surface area contributed by atoms with Gasteiger partial charge in [0.25, 0.3) is 0 Å². The van der Waals surface area contributed by atoms with Crippen molar-refractivity contribution in [3.05, 3.63) is 29.8 Å². The van der Waals surface area contributed by atoms with E-state index >= 15 is 0 Å². The Balaban J connectivity index is 2.39. The molecule has 0 spiro atoms. The standard InChI is InChI=1S/C12H16O2S2/c1-9(7-12(13)14)16-8-10-3-5-11(15-2)6-4-10/h3-6,9H,7-8H2,1-2H3,(H,13,14). The van der Waals surface area contributed by atoms with Gasteiger partial charge in [-0.3, -0.25) is 4.79 Å². The van der Waals surface area contributed by atoms with Crippen molar-refractivity contribution in [2.75, 3.05) is 6.26 Å². The van der Waals surface area contributed by atoms with E-state index in [1.165, 1.54) is 10.5 Å². The number of hydrogen-bond acceptors (Lipinski definition) is 3. The van der Waals surface area contributed by atoms with Crippen LogP contribution in [0.15, 0.2) is 29.2 Å². The molecule has 0 aliphatic heterocycles. The molecule has 0 aliphatic rings. The molecule has 1 aromatic carbocycles. The highest BCUT2D eigenvalue weighted by Gasteiger charge is 2.07. The first-order valence-electron chi connectivity index (χ1n) is 5.08. The molecule has 0 radical (unpaired) electrons. The SMILES string of the molecule is CSc1ccc(CSC(C)CC(=O)O)cc1. The van der Waals surface area contributed by atoms with Gasteiger partial charge in [0.15, 0.2) is 0 Å². The van der Waals surface area contributed by atoms with E-state index in [4.69, 9.17) is 5.11 Å². The van der Waals surface area contributed by atoms with Crippen LogP contribution in [0, 0.1) is 0 Å². The number of rotatable bonds is 6. The topological polar surface area (TPSA) is 37.3 Å². The summed E-state index contributed by atoms with van der Waals surface area (Å²) in [6, 6.07) is 8.41. The maximum absolute atomic E-state index is 10.5. The molecular formula is C12H16O2S2. The summed E-state index contributed by atoms with van der Waals surface area (Å²) in [5.74, 6) is 0.154. The van der Waals surface area contributed by atoms with Crippen LogP contribution in [0.1, 0.15) is 18.9 Å². The first kappa shape index (κ1) is 13.5. The maximum Gasteiger partial charge on any atom is 0.304 e. The molecule has 88 valence electrons. The molecule has 16 heavy (non-hydrogen) atoms. The Kier molecular flexibility index (Phi) is 5.77. The van der Waals surface area contributed by atoms with Gasteiger partial charge in [0.2, 0.25) is 0 Å². The summed E-state index contributed by atoms with van der Waals surface area (Å²) in [4.78, 5) is 11.7. The summed E-state index contributed by atoms with van der Waals surface area (Å²) in [7, 11) is 0. The van der Waals surface area contributed by atoms with Crippen LogP contribution in [-0.4, -0.2) is 22.6 Å². The molecule has 0 amide bonds. The second-order valence-electron chi connectivity index (χ2n) is 3.57. The van der Waals surface area contributed by atoms with E-state index in [0.29, 0.717) is 0 Å². The lowest BCUT2D eigenvalue weighted by molar-refractivity contribution is -0.136. The summed E-state index contributed by atoms with van der Waals surface area (Å²) in [6.45, 7) is 1.95. The highest BCUT2D eigenvalue weighted by molar-refractivity contribution is 7.99. The van der Waals surface area contributed by atoms with Crippen LogP contribution >= 0.6 is 23.5 Å². The van der Waals surface area contributed by atoms with Crippen LogP contribution in [0.3, 0.4) is 0 Å². The lowest BCUT2D eigenvalue weighted by Gasteiger charge is -2.08. The second kappa shape index (κ2) is 6.86. The normalized spacial score (nSPS) is 12.4. The molecule has 0 saturated heterocycles. The average Bonchev–Trinajstić information content (AvgIpc) is 2.26. The van der Waals surface area contributed by atoms with Crippen molar-refractivity contribution < 1.29 is 9.90 Å². The van der Waals surface area contributed by atoms with E-state index in [1.54, 1.807) is 23.5 Å². The van der Waals surface area contributed by atoms with E-state index < -0.39 is 5.97 Å². The van der Waals surface area contributed by atoms with Gasteiger partial charge in [-0.2, -0.15) is 11.8 Å². The Morgan fingerprint density at radius 2 is 2.00 bits per heavy atom. The van der Waals surface area contributed by atoms with Gasteiger partial charge in [-0.25, -0.2) is 0 Å². The molecule has 1 unspecified atom stereocenters. The van der Waals surface area contributed by atoms with E-state index in [9.17, 15) is 4.79 Å². The van der Waals surface area contributed by atoms with Crippen molar-refractivity contribution in [2.24, 2.45) is 0 Å². The molecule has 0 aromatic heterocycles. The van der Waals surface area contributed by atoms with Crippen molar-refractivity contribution in [1.29, 1.82) is 0 Å². The Morgan fingerprint density at radius 3 is 2.50 bits per heavy atom. The Hall–Kier alpha value is -0.610. The fourth-order valence-electron chi connectivity index (χ4n) is 1.27. The molecule has 1 atom stereocenters. The molecule has 0 saturated carbocycles. The molecule has 2 nitrogen and oxygen atoms in total. The lowest BCUT2D eigenvalue weighted by Crippen LogP contribution is -2.05. The Bertz CT molecular complexity index is 335. The predicted molar refractivity (Wildman–Crippen MR) is 71.2 cm³/mol. The van der Waals surface area contributed by atoms with Crippen molar-refractivity contribution in [3.63, 3.8) is 0 Å². The van der Waals surface area contributed by atoms with Crippen LogP contribution in [0.5, 0.6) is 0 Å². The van der Waals surface area contributed by atoms with Crippen LogP contribution in [0.4, 0.5) is 0 Å².